The lowest BCUT2D eigenvalue weighted by molar-refractivity contribution is -0.160. The van der Waals surface area contributed by atoms with E-state index in [2.05, 4.69) is 6.07 Å². The minimum atomic E-state index is -0.458. The predicted molar refractivity (Wildman–Crippen MR) is 62.8 cm³/mol. The van der Waals surface area contributed by atoms with Crippen molar-refractivity contribution in [3.05, 3.63) is 0 Å². The number of rotatable bonds is 5. The highest BCUT2D eigenvalue weighted by atomic mass is 16.6. The van der Waals surface area contributed by atoms with E-state index in [0.29, 0.717) is 13.0 Å². The molecule has 0 amide bonds. The van der Waals surface area contributed by atoms with Gasteiger partial charge in [-0.15, -0.1) is 0 Å². The number of nitriles is 1. The lowest BCUT2D eigenvalue weighted by Gasteiger charge is -2.28. The molecule has 0 aliphatic carbocycles. The summed E-state index contributed by atoms with van der Waals surface area (Å²) in [5.41, 5.74) is -0.458. The van der Waals surface area contributed by atoms with Gasteiger partial charge in [0.2, 0.25) is 0 Å². The van der Waals surface area contributed by atoms with Crippen LogP contribution in [0.25, 0.3) is 0 Å². The van der Waals surface area contributed by atoms with Crippen LogP contribution in [0.4, 0.5) is 0 Å². The monoisotopic (exact) mass is 226 g/mol. The lowest BCUT2D eigenvalue weighted by atomic mass is 10.2. The minimum Gasteiger partial charge on any atom is -0.459 e. The van der Waals surface area contributed by atoms with Gasteiger partial charge in [0.25, 0.3) is 0 Å². The first-order valence-electron chi connectivity index (χ1n) is 5.65. The second kappa shape index (κ2) is 6.49. The molecule has 16 heavy (non-hydrogen) atoms. The molecule has 1 atom stereocenters. The largest absolute Gasteiger partial charge is 0.459 e. The van der Waals surface area contributed by atoms with Crippen molar-refractivity contribution < 1.29 is 9.53 Å². The van der Waals surface area contributed by atoms with E-state index in [1.54, 1.807) is 0 Å². The second-order valence-electron chi connectivity index (χ2n) is 4.75. The summed E-state index contributed by atoms with van der Waals surface area (Å²) in [7, 11) is 0. The summed E-state index contributed by atoms with van der Waals surface area (Å²) >= 11 is 0. The number of likely N-dealkylation sites (N-methyl/N-ethyl adjacent to an activating group) is 1. The van der Waals surface area contributed by atoms with Gasteiger partial charge in [0.1, 0.15) is 11.6 Å². The molecule has 0 saturated carbocycles. The van der Waals surface area contributed by atoms with E-state index in [4.69, 9.17) is 10.00 Å². The number of carbonyl (C=O) groups excluding carboxylic acids is 1. The lowest BCUT2D eigenvalue weighted by Crippen LogP contribution is -2.42. The van der Waals surface area contributed by atoms with Crippen LogP contribution in [0.3, 0.4) is 0 Å². The minimum absolute atomic E-state index is 0.229. The molecule has 0 aromatic carbocycles. The van der Waals surface area contributed by atoms with Gasteiger partial charge >= 0.3 is 5.97 Å². The molecule has 0 spiro atoms. The van der Waals surface area contributed by atoms with Gasteiger partial charge in [-0.1, -0.05) is 6.92 Å². The van der Waals surface area contributed by atoms with Gasteiger partial charge in [-0.3, -0.25) is 9.69 Å². The summed E-state index contributed by atoms with van der Waals surface area (Å²) < 4.78 is 5.30. The van der Waals surface area contributed by atoms with Gasteiger partial charge in [-0.25, -0.2) is 0 Å². The first-order valence-corrected chi connectivity index (χ1v) is 5.65. The molecule has 4 nitrogen and oxygen atoms in total. The van der Waals surface area contributed by atoms with Crippen LogP contribution in [0, 0.1) is 11.3 Å². The van der Waals surface area contributed by atoms with Crippen LogP contribution in [-0.4, -0.2) is 35.6 Å². The fourth-order valence-electron chi connectivity index (χ4n) is 1.36. The molecule has 1 unspecified atom stereocenters. The summed E-state index contributed by atoms with van der Waals surface area (Å²) in [6.07, 6.45) is 0.432. The van der Waals surface area contributed by atoms with Crippen LogP contribution in [0.5, 0.6) is 0 Å². The summed E-state index contributed by atoms with van der Waals surface area (Å²) in [6.45, 7) is 10.7. The van der Waals surface area contributed by atoms with E-state index >= 15 is 0 Å². The van der Waals surface area contributed by atoms with E-state index in [0.717, 1.165) is 6.54 Å². The molecule has 92 valence electrons. The third-order valence-electron chi connectivity index (χ3n) is 2.21. The average molecular weight is 226 g/mol. The Bertz CT molecular complexity index is 263. The van der Waals surface area contributed by atoms with E-state index in [-0.39, 0.29) is 12.0 Å². The third-order valence-corrected chi connectivity index (χ3v) is 2.21. The summed E-state index contributed by atoms with van der Waals surface area (Å²) in [5.74, 6) is -0.229. The van der Waals surface area contributed by atoms with Crippen molar-refractivity contribution in [1.82, 2.24) is 4.90 Å². The van der Waals surface area contributed by atoms with Crippen LogP contribution in [0.15, 0.2) is 0 Å². The van der Waals surface area contributed by atoms with Gasteiger partial charge in [-0.05, 0) is 34.2 Å². The Labute approximate surface area is 98.2 Å². The van der Waals surface area contributed by atoms with Crippen molar-refractivity contribution in [3.63, 3.8) is 0 Å². The smallest absolute Gasteiger partial charge is 0.323 e. The molecule has 0 fully saturated rings. The SMILES string of the molecule is CCN(CCC#N)C(C)C(=O)OC(C)(C)C. The summed E-state index contributed by atoms with van der Waals surface area (Å²) in [4.78, 5) is 13.7. The number of carbonyl (C=O) groups is 1. The molecule has 0 bridgehead atoms. The van der Waals surface area contributed by atoms with E-state index < -0.39 is 5.60 Å². The Balaban J connectivity index is 4.34. The van der Waals surface area contributed by atoms with Gasteiger partial charge in [0, 0.05) is 13.0 Å². The number of nitrogens with zero attached hydrogens (tertiary/aromatic N) is 2. The average Bonchev–Trinajstić information content (AvgIpc) is 2.16. The fraction of sp³-hybridized carbons (Fsp3) is 0.833. The molecular weight excluding hydrogens is 204 g/mol. The van der Waals surface area contributed by atoms with Gasteiger partial charge < -0.3 is 4.74 Å². The first kappa shape index (κ1) is 14.9. The maximum atomic E-state index is 11.8. The van der Waals surface area contributed by atoms with E-state index in [1.165, 1.54) is 0 Å². The second-order valence-corrected chi connectivity index (χ2v) is 4.75. The molecule has 0 aromatic heterocycles. The van der Waals surface area contributed by atoms with Crippen molar-refractivity contribution in [1.29, 1.82) is 5.26 Å². The van der Waals surface area contributed by atoms with Crippen molar-refractivity contribution in [2.45, 2.75) is 52.7 Å². The van der Waals surface area contributed by atoms with E-state index in [9.17, 15) is 4.79 Å². The van der Waals surface area contributed by atoms with Crippen LogP contribution >= 0.6 is 0 Å². The van der Waals surface area contributed by atoms with Crippen LogP contribution in [0.2, 0.25) is 0 Å². The highest BCUT2D eigenvalue weighted by Crippen LogP contribution is 2.11. The van der Waals surface area contributed by atoms with Crippen molar-refractivity contribution in [3.8, 4) is 6.07 Å². The maximum absolute atomic E-state index is 11.8. The molecule has 0 radical (unpaired) electrons. The van der Waals surface area contributed by atoms with Gasteiger partial charge in [0.05, 0.1) is 6.07 Å². The standard InChI is InChI=1S/C12H22N2O2/c1-6-14(9-7-8-13)10(2)11(15)16-12(3,4)5/h10H,6-7,9H2,1-5H3. The third kappa shape index (κ3) is 5.72. The Morgan fingerprint density at radius 1 is 1.50 bits per heavy atom. The number of hydrogen-bond donors (Lipinski definition) is 0. The van der Waals surface area contributed by atoms with Crippen molar-refractivity contribution in [2.75, 3.05) is 13.1 Å². The number of esters is 1. The zero-order chi connectivity index (χ0) is 12.8. The summed E-state index contributed by atoms with van der Waals surface area (Å²) in [5, 5.41) is 8.52. The summed E-state index contributed by atoms with van der Waals surface area (Å²) in [6, 6.07) is 1.79. The topological polar surface area (TPSA) is 53.3 Å². The Morgan fingerprint density at radius 2 is 2.06 bits per heavy atom. The highest BCUT2D eigenvalue weighted by molar-refractivity contribution is 5.75. The quantitative estimate of drug-likeness (QED) is 0.672. The molecule has 0 N–H and O–H groups in total. The molecular formula is C12H22N2O2. The number of hydrogen-bond acceptors (Lipinski definition) is 4. The predicted octanol–water partition coefficient (Wildman–Crippen LogP) is 1.95. The van der Waals surface area contributed by atoms with Crippen LogP contribution in [-0.2, 0) is 9.53 Å². The van der Waals surface area contributed by atoms with Crippen molar-refractivity contribution in [2.24, 2.45) is 0 Å². The van der Waals surface area contributed by atoms with Crippen molar-refractivity contribution >= 4 is 5.97 Å². The Morgan fingerprint density at radius 3 is 2.44 bits per heavy atom. The molecule has 0 aliphatic rings. The number of ether oxygens (including phenoxy) is 1. The van der Waals surface area contributed by atoms with Crippen LogP contribution < -0.4 is 0 Å². The van der Waals surface area contributed by atoms with Crippen LogP contribution in [0.1, 0.15) is 41.0 Å². The fourth-order valence-corrected chi connectivity index (χ4v) is 1.36. The normalized spacial score (nSPS) is 13.3. The molecule has 0 aromatic rings. The highest BCUT2D eigenvalue weighted by Gasteiger charge is 2.25. The maximum Gasteiger partial charge on any atom is 0.323 e. The van der Waals surface area contributed by atoms with Gasteiger partial charge in [-0.2, -0.15) is 5.26 Å². The molecule has 0 rings (SSSR count). The Kier molecular flexibility index (Phi) is 6.05. The Hall–Kier alpha value is -1.08. The zero-order valence-electron chi connectivity index (χ0n) is 10.9. The van der Waals surface area contributed by atoms with Gasteiger partial charge in [0.15, 0.2) is 0 Å². The molecule has 0 aliphatic heterocycles. The molecule has 4 heteroatoms. The molecule has 0 heterocycles. The molecule has 0 saturated heterocycles. The zero-order valence-corrected chi connectivity index (χ0v) is 10.9. The van der Waals surface area contributed by atoms with E-state index in [1.807, 2.05) is 39.5 Å². The first-order chi connectivity index (χ1) is 7.31.